The highest BCUT2D eigenvalue weighted by Gasteiger charge is 2.53. The summed E-state index contributed by atoms with van der Waals surface area (Å²) in [6, 6.07) is 9.26. The molecular formula is C24H32N2O2. The van der Waals surface area contributed by atoms with Crippen molar-refractivity contribution in [2.45, 2.75) is 70.4 Å². The van der Waals surface area contributed by atoms with Gasteiger partial charge < -0.3 is 10.2 Å². The summed E-state index contributed by atoms with van der Waals surface area (Å²) in [4.78, 5) is 27.9. The van der Waals surface area contributed by atoms with E-state index in [2.05, 4.69) is 12.2 Å². The lowest BCUT2D eigenvalue weighted by atomic mass is 9.48. The van der Waals surface area contributed by atoms with E-state index in [1.807, 2.05) is 30.3 Å². The number of rotatable bonds is 4. The van der Waals surface area contributed by atoms with Crippen LogP contribution in [0.5, 0.6) is 0 Å². The molecule has 2 atom stereocenters. The monoisotopic (exact) mass is 380 g/mol. The minimum Gasteiger partial charge on any atom is -0.351 e. The SMILES string of the molecule is C[C@H](NC(=O)[C@H]1CCCN1C(=O)c1ccccc1)C12CC3CC(CC(C3)C1)C2. The van der Waals surface area contributed by atoms with Crippen LogP contribution in [0.2, 0.25) is 0 Å². The molecule has 4 aliphatic carbocycles. The number of carbonyl (C=O) groups excluding carboxylic acids is 2. The van der Waals surface area contributed by atoms with Crippen LogP contribution in [0.25, 0.3) is 0 Å². The Kier molecular flexibility index (Phi) is 4.48. The second kappa shape index (κ2) is 6.89. The van der Waals surface area contributed by atoms with Crippen molar-refractivity contribution in [3.05, 3.63) is 35.9 Å². The Labute approximate surface area is 168 Å². The Morgan fingerprint density at radius 3 is 2.25 bits per heavy atom. The van der Waals surface area contributed by atoms with E-state index in [1.165, 1.54) is 38.5 Å². The van der Waals surface area contributed by atoms with Crippen molar-refractivity contribution < 1.29 is 9.59 Å². The first-order valence-electron chi connectivity index (χ1n) is 11.2. The van der Waals surface area contributed by atoms with Gasteiger partial charge >= 0.3 is 0 Å². The van der Waals surface area contributed by atoms with Crippen LogP contribution in [-0.2, 0) is 4.79 Å². The van der Waals surface area contributed by atoms with Crippen molar-refractivity contribution in [2.24, 2.45) is 23.2 Å². The van der Waals surface area contributed by atoms with E-state index < -0.39 is 0 Å². The molecule has 4 bridgehead atoms. The van der Waals surface area contributed by atoms with E-state index >= 15 is 0 Å². The molecular weight excluding hydrogens is 348 g/mol. The van der Waals surface area contributed by atoms with Gasteiger partial charge in [-0.1, -0.05) is 18.2 Å². The minimum atomic E-state index is -0.316. The van der Waals surface area contributed by atoms with E-state index in [4.69, 9.17) is 0 Å². The van der Waals surface area contributed by atoms with Crippen LogP contribution in [0.4, 0.5) is 0 Å². The molecule has 5 fully saturated rings. The van der Waals surface area contributed by atoms with Gasteiger partial charge in [0.1, 0.15) is 6.04 Å². The zero-order valence-corrected chi connectivity index (χ0v) is 16.9. The predicted molar refractivity (Wildman–Crippen MR) is 109 cm³/mol. The molecule has 4 nitrogen and oxygen atoms in total. The number of hydrogen-bond donors (Lipinski definition) is 1. The van der Waals surface area contributed by atoms with Gasteiger partial charge in [0.15, 0.2) is 0 Å². The van der Waals surface area contributed by atoms with Gasteiger partial charge in [0.2, 0.25) is 5.91 Å². The Morgan fingerprint density at radius 1 is 1.04 bits per heavy atom. The molecule has 1 aliphatic heterocycles. The second-order valence-corrected chi connectivity index (χ2v) is 10.0. The van der Waals surface area contributed by atoms with Crippen molar-refractivity contribution in [3.63, 3.8) is 0 Å². The summed E-state index contributed by atoms with van der Waals surface area (Å²) >= 11 is 0. The van der Waals surface area contributed by atoms with Gasteiger partial charge in [0.05, 0.1) is 0 Å². The zero-order chi connectivity index (χ0) is 19.3. The standard InChI is InChI=1S/C24H32N2O2/c1-16(24-13-17-10-18(14-24)12-19(11-17)15-24)25-22(27)21-8-5-9-26(21)23(28)20-6-3-2-4-7-20/h2-4,6-7,16-19,21H,5,8-15H2,1H3,(H,25,27)/t16-,17?,18?,19?,21+,24?/m0/s1. The van der Waals surface area contributed by atoms with Gasteiger partial charge in [-0.3, -0.25) is 9.59 Å². The highest BCUT2D eigenvalue weighted by molar-refractivity contribution is 5.98. The molecule has 4 heteroatoms. The number of nitrogens with zero attached hydrogens (tertiary/aromatic N) is 1. The second-order valence-electron chi connectivity index (χ2n) is 10.0. The number of amides is 2. The first kappa shape index (κ1) is 18.2. The van der Waals surface area contributed by atoms with E-state index in [9.17, 15) is 9.59 Å². The van der Waals surface area contributed by atoms with Crippen molar-refractivity contribution in [2.75, 3.05) is 6.54 Å². The van der Waals surface area contributed by atoms with Crippen LogP contribution in [0, 0.1) is 23.2 Å². The van der Waals surface area contributed by atoms with Gasteiger partial charge in [-0.05, 0) is 93.6 Å². The van der Waals surface area contributed by atoms with Crippen molar-refractivity contribution in [1.82, 2.24) is 10.2 Å². The average molecular weight is 381 g/mol. The molecule has 6 rings (SSSR count). The molecule has 1 saturated heterocycles. The fraction of sp³-hybridized carbons (Fsp3) is 0.667. The molecule has 0 radical (unpaired) electrons. The summed E-state index contributed by atoms with van der Waals surface area (Å²) in [6.07, 6.45) is 9.80. The van der Waals surface area contributed by atoms with Crippen molar-refractivity contribution in [1.29, 1.82) is 0 Å². The molecule has 0 aromatic heterocycles. The maximum Gasteiger partial charge on any atom is 0.254 e. The van der Waals surface area contributed by atoms with Crippen LogP contribution in [-0.4, -0.2) is 35.3 Å². The van der Waals surface area contributed by atoms with E-state index in [0.717, 1.165) is 30.6 Å². The van der Waals surface area contributed by atoms with Crippen LogP contribution in [0.1, 0.15) is 68.6 Å². The summed E-state index contributed by atoms with van der Waals surface area (Å²) in [7, 11) is 0. The number of benzene rings is 1. The maximum atomic E-state index is 13.2. The van der Waals surface area contributed by atoms with Gasteiger partial charge in [-0.15, -0.1) is 0 Å². The largest absolute Gasteiger partial charge is 0.351 e. The fourth-order valence-corrected chi connectivity index (χ4v) is 7.20. The summed E-state index contributed by atoms with van der Waals surface area (Å²) < 4.78 is 0. The van der Waals surface area contributed by atoms with Crippen LogP contribution in [0.15, 0.2) is 30.3 Å². The number of likely N-dealkylation sites (tertiary alicyclic amines) is 1. The Bertz CT molecular complexity index is 724. The van der Waals surface area contributed by atoms with Gasteiger partial charge in [-0.25, -0.2) is 0 Å². The molecule has 2 amide bonds. The summed E-state index contributed by atoms with van der Waals surface area (Å²) in [6.45, 7) is 2.90. The number of carbonyl (C=O) groups is 2. The topological polar surface area (TPSA) is 49.4 Å². The minimum absolute atomic E-state index is 0.0132. The normalized spacial score (nSPS) is 37.1. The summed E-state index contributed by atoms with van der Waals surface area (Å²) in [5, 5.41) is 3.38. The Balaban J connectivity index is 1.28. The van der Waals surface area contributed by atoms with E-state index in [-0.39, 0.29) is 23.9 Å². The average Bonchev–Trinajstić information content (AvgIpc) is 3.17. The molecule has 28 heavy (non-hydrogen) atoms. The molecule has 4 saturated carbocycles. The quantitative estimate of drug-likeness (QED) is 0.858. The number of hydrogen-bond acceptors (Lipinski definition) is 2. The van der Waals surface area contributed by atoms with Crippen LogP contribution in [0.3, 0.4) is 0 Å². The zero-order valence-electron chi connectivity index (χ0n) is 16.9. The lowest BCUT2D eigenvalue weighted by Gasteiger charge is -2.59. The number of nitrogens with one attached hydrogen (secondary N) is 1. The van der Waals surface area contributed by atoms with E-state index in [0.29, 0.717) is 17.5 Å². The van der Waals surface area contributed by atoms with Gasteiger partial charge in [0, 0.05) is 18.2 Å². The third-order valence-electron chi connectivity index (χ3n) is 8.20. The molecule has 150 valence electrons. The maximum absolute atomic E-state index is 13.2. The summed E-state index contributed by atoms with van der Waals surface area (Å²) in [5.41, 5.74) is 0.980. The first-order chi connectivity index (χ1) is 13.5. The predicted octanol–water partition coefficient (Wildman–Crippen LogP) is 4.01. The van der Waals surface area contributed by atoms with Crippen molar-refractivity contribution in [3.8, 4) is 0 Å². The Morgan fingerprint density at radius 2 is 1.64 bits per heavy atom. The van der Waals surface area contributed by atoms with Crippen LogP contribution >= 0.6 is 0 Å². The molecule has 0 unspecified atom stereocenters. The fourth-order valence-electron chi connectivity index (χ4n) is 7.20. The molecule has 1 N–H and O–H groups in total. The molecule has 1 heterocycles. The Hall–Kier alpha value is -1.84. The third-order valence-corrected chi connectivity index (χ3v) is 8.20. The van der Waals surface area contributed by atoms with Crippen molar-refractivity contribution >= 4 is 11.8 Å². The summed E-state index contributed by atoms with van der Waals surface area (Å²) in [5.74, 6) is 2.69. The molecule has 0 spiro atoms. The highest BCUT2D eigenvalue weighted by atomic mass is 16.2. The van der Waals surface area contributed by atoms with E-state index in [1.54, 1.807) is 4.90 Å². The highest BCUT2D eigenvalue weighted by Crippen LogP contribution is 2.61. The van der Waals surface area contributed by atoms with Gasteiger partial charge in [0.25, 0.3) is 5.91 Å². The molecule has 1 aromatic carbocycles. The smallest absolute Gasteiger partial charge is 0.254 e. The lowest BCUT2D eigenvalue weighted by molar-refractivity contribution is -0.129. The van der Waals surface area contributed by atoms with Gasteiger partial charge in [-0.2, -0.15) is 0 Å². The molecule has 1 aromatic rings. The third kappa shape index (κ3) is 3.05. The van der Waals surface area contributed by atoms with Crippen LogP contribution < -0.4 is 5.32 Å². The first-order valence-corrected chi connectivity index (χ1v) is 11.2. The lowest BCUT2D eigenvalue weighted by Crippen LogP contribution is -2.58. The molecule has 5 aliphatic rings.